The van der Waals surface area contributed by atoms with E-state index in [0.29, 0.717) is 24.8 Å². The second-order valence-corrected chi connectivity index (χ2v) is 5.70. The monoisotopic (exact) mass is 265 g/mol. The number of nitrogens with one attached hydrogen (secondary N) is 1. The summed E-state index contributed by atoms with van der Waals surface area (Å²) in [5.41, 5.74) is 0.930. The van der Waals surface area contributed by atoms with Gasteiger partial charge in [-0.3, -0.25) is 0 Å². The van der Waals surface area contributed by atoms with Gasteiger partial charge in [-0.05, 0) is 39.3 Å². The maximum absolute atomic E-state index is 5.67. The zero-order chi connectivity index (χ0) is 13.1. The number of oxazole rings is 1. The topological polar surface area (TPSA) is 50.5 Å². The highest BCUT2D eigenvalue weighted by molar-refractivity contribution is 5.00. The van der Waals surface area contributed by atoms with Gasteiger partial charge in [0.15, 0.2) is 0 Å². The van der Waals surface area contributed by atoms with Crippen molar-refractivity contribution < 1.29 is 9.15 Å². The lowest BCUT2D eigenvalue weighted by molar-refractivity contribution is 0.106. The first kappa shape index (κ1) is 12.9. The Morgan fingerprint density at radius 2 is 2.32 bits per heavy atom. The predicted octanol–water partition coefficient (Wildman–Crippen LogP) is 1.79. The molecule has 2 heterocycles. The van der Waals surface area contributed by atoms with Crippen molar-refractivity contribution in [3.05, 3.63) is 12.0 Å². The fourth-order valence-corrected chi connectivity index (χ4v) is 2.49. The van der Waals surface area contributed by atoms with Crippen molar-refractivity contribution >= 4 is 0 Å². The molecule has 5 heteroatoms. The smallest absolute Gasteiger partial charge is 0.393 e. The van der Waals surface area contributed by atoms with Crippen molar-refractivity contribution in [1.29, 1.82) is 0 Å². The first-order valence-electron chi connectivity index (χ1n) is 7.32. The Bertz CT molecular complexity index is 403. The third-order valence-electron chi connectivity index (χ3n) is 4.00. The van der Waals surface area contributed by atoms with Gasteiger partial charge in [0, 0.05) is 18.6 Å². The lowest BCUT2D eigenvalue weighted by atomic mass is 10.0. The van der Waals surface area contributed by atoms with Crippen LogP contribution in [0.25, 0.3) is 0 Å². The molecule has 1 aromatic heterocycles. The third kappa shape index (κ3) is 3.70. The molecule has 1 aliphatic carbocycles. The van der Waals surface area contributed by atoms with E-state index in [9.17, 15) is 0 Å². The van der Waals surface area contributed by atoms with Crippen LogP contribution in [0, 0.1) is 0 Å². The van der Waals surface area contributed by atoms with E-state index in [4.69, 9.17) is 9.15 Å². The number of rotatable bonds is 6. The molecular formula is C14H23N3O2. The molecule has 1 aliphatic heterocycles. The number of hydrogen-bond donors (Lipinski definition) is 1. The van der Waals surface area contributed by atoms with Gasteiger partial charge in [-0.1, -0.05) is 6.42 Å². The molecule has 1 saturated carbocycles. The number of piperidine rings is 1. The summed E-state index contributed by atoms with van der Waals surface area (Å²) < 4.78 is 11.0. The minimum absolute atomic E-state index is 0.409. The van der Waals surface area contributed by atoms with Crippen molar-refractivity contribution in [1.82, 2.24) is 15.2 Å². The Labute approximate surface area is 114 Å². The van der Waals surface area contributed by atoms with Crippen LogP contribution in [0.3, 0.4) is 0 Å². The first-order chi connectivity index (χ1) is 9.31. The number of nitrogens with zero attached hydrogens (tertiary/aromatic N) is 2. The van der Waals surface area contributed by atoms with Crippen LogP contribution in [-0.2, 0) is 6.54 Å². The van der Waals surface area contributed by atoms with Gasteiger partial charge >= 0.3 is 6.08 Å². The van der Waals surface area contributed by atoms with E-state index in [1.807, 2.05) is 0 Å². The van der Waals surface area contributed by atoms with E-state index in [0.717, 1.165) is 18.8 Å². The lowest BCUT2D eigenvalue weighted by Crippen LogP contribution is -2.40. The molecule has 1 aromatic rings. The third-order valence-corrected chi connectivity index (χ3v) is 4.00. The van der Waals surface area contributed by atoms with Crippen molar-refractivity contribution in [3.63, 3.8) is 0 Å². The molecule has 0 bridgehead atoms. The van der Waals surface area contributed by atoms with E-state index in [-0.39, 0.29) is 0 Å². The van der Waals surface area contributed by atoms with Gasteiger partial charge in [0.1, 0.15) is 12.9 Å². The predicted molar refractivity (Wildman–Crippen MR) is 72.1 cm³/mol. The Kier molecular flexibility index (Phi) is 4.03. The maximum atomic E-state index is 5.67. The van der Waals surface area contributed by atoms with Crippen LogP contribution in [0.5, 0.6) is 6.08 Å². The lowest BCUT2D eigenvalue weighted by Gasteiger charge is -2.31. The normalized spacial score (nSPS) is 24.6. The van der Waals surface area contributed by atoms with Gasteiger partial charge in [-0.2, -0.15) is 4.98 Å². The molecule has 1 N–H and O–H groups in total. The van der Waals surface area contributed by atoms with Crippen molar-refractivity contribution in [2.24, 2.45) is 0 Å². The maximum Gasteiger partial charge on any atom is 0.393 e. The summed E-state index contributed by atoms with van der Waals surface area (Å²) in [7, 11) is 2.16. The highest BCUT2D eigenvalue weighted by atomic mass is 16.6. The fourth-order valence-electron chi connectivity index (χ4n) is 2.49. The second-order valence-electron chi connectivity index (χ2n) is 5.70. The number of ether oxygens (including phenoxy) is 1. The molecular weight excluding hydrogens is 242 g/mol. The highest BCUT2D eigenvalue weighted by Crippen LogP contribution is 2.20. The SMILES string of the molecule is CN1CCCCC1COc1nc(CNC2CC2)co1. The highest BCUT2D eigenvalue weighted by Gasteiger charge is 2.22. The van der Waals surface area contributed by atoms with Crippen molar-refractivity contribution in [3.8, 4) is 6.08 Å². The fraction of sp³-hybridized carbons (Fsp3) is 0.786. The van der Waals surface area contributed by atoms with E-state index in [1.165, 1.54) is 32.1 Å². The van der Waals surface area contributed by atoms with Crippen LogP contribution in [-0.4, -0.2) is 42.2 Å². The van der Waals surface area contributed by atoms with Gasteiger partial charge in [-0.15, -0.1) is 0 Å². The summed E-state index contributed by atoms with van der Waals surface area (Å²) in [5, 5.41) is 3.41. The summed E-state index contributed by atoms with van der Waals surface area (Å²) in [6.07, 6.45) is 8.46. The molecule has 106 valence electrons. The largest absolute Gasteiger partial charge is 0.449 e. The average Bonchev–Trinajstić information content (AvgIpc) is 3.14. The molecule has 0 amide bonds. The zero-order valence-corrected chi connectivity index (χ0v) is 11.6. The van der Waals surface area contributed by atoms with Gasteiger partial charge in [0.05, 0.1) is 5.69 Å². The van der Waals surface area contributed by atoms with Gasteiger partial charge in [0.2, 0.25) is 0 Å². The molecule has 0 spiro atoms. The Hall–Kier alpha value is -1.07. The molecule has 2 aliphatic rings. The van der Waals surface area contributed by atoms with Gasteiger partial charge in [0.25, 0.3) is 0 Å². The van der Waals surface area contributed by atoms with Crippen LogP contribution in [0.2, 0.25) is 0 Å². The molecule has 1 unspecified atom stereocenters. The van der Waals surface area contributed by atoms with E-state index < -0.39 is 0 Å². The van der Waals surface area contributed by atoms with Crippen LogP contribution >= 0.6 is 0 Å². The molecule has 2 fully saturated rings. The van der Waals surface area contributed by atoms with Crippen molar-refractivity contribution in [2.45, 2.75) is 50.7 Å². The van der Waals surface area contributed by atoms with E-state index >= 15 is 0 Å². The van der Waals surface area contributed by atoms with Crippen LogP contribution in [0.4, 0.5) is 0 Å². The molecule has 3 rings (SSSR count). The molecule has 5 nitrogen and oxygen atoms in total. The standard InChI is InChI=1S/C14H23N3O2/c1-17-7-3-2-4-13(17)10-19-14-16-12(9-18-14)8-15-11-5-6-11/h9,11,13,15H,2-8,10H2,1H3. The van der Waals surface area contributed by atoms with Crippen LogP contribution < -0.4 is 10.1 Å². The van der Waals surface area contributed by atoms with Gasteiger partial charge < -0.3 is 19.4 Å². The Morgan fingerprint density at radius 3 is 3.11 bits per heavy atom. The molecule has 19 heavy (non-hydrogen) atoms. The minimum atomic E-state index is 0.409. The summed E-state index contributed by atoms with van der Waals surface area (Å²) in [6, 6.07) is 1.19. The Morgan fingerprint density at radius 1 is 1.42 bits per heavy atom. The summed E-state index contributed by atoms with van der Waals surface area (Å²) in [4.78, 5) is 6.71. The number of aromatic nitrogens is 1. The summed E-state index contributed by atoms with van der Waals surface area (Å²) in [6.45, 7) is 2.61. The van der Waals surface area contributed by atoms with Crippen LogP contribution in [0.15, 0.2) is 10.7 Å². The van der Waals surface area contributed by atoms with Gasteiger partial charge in [-0.25, -0.2) is 0 Å². The number of likely N-dealkylation sites (tertiary alicyclic amines) is 1. The van der Waals surface area contributed by atoms with E-state index in [1.54, 1.807) is 6.26 Å². The van der Waals surface area contributed by atoms with Crippen molar-refractivity contribution in [2.75, 3.05) is 20.2 Å². The number of likely N-dealkylation sites (N-methyl/N-ethyl adjacent to an activating group) is 1. The Balaban J connectivity index is 1.43. The zero-order valence-electron chi connectivity index (χ0n) is 11.6. The minimum Gasteiger partial charge on any atom is -0.449 e. The summed E-state index contributed by atoms with van der Waals surface area (Å²) in [5.74, 6) is 0. The van der Waals surface area contributed by atoms with E-state index in [2.05, 4.69) is 22.2 Å². The molecule has 1 saturated heterocycles. The first-order valence-corrected chi connectivity index (χ1v) is 7.32. The molecule has 1 atom stereocenters. The molecule has 0 aromatic carbocycles. The summed E-state index contributed by atoms with van der Waals surface area (Å²) >= 11 is 0. The molecule has 0 radical (unpaired) electrons. The van der Waals surface area contributed by atoms with Crippen LogP contribution in [0.1, 0.15) is 37.8 Å². The number of hydrogen-bond acceptors (Lipinski definition) is 5. The quantitative estimate of drug-likeness (QED) is 0.850. The average molecular weight is 265 g/mol. The second kappa shape index (κ2) is 5.92.